The van der Waals surface area contributed by atoms with Gasteiger partial charge in [-0.05, 0) is 31.2 Å². The Morgan fingerprint density at radius 2 is 1.73 bits per heavy atom. The van der Waals surface area contributed by atoms with Gasteiger partial charge in [0.1, 0.15) is 18.9 Å². The number of hydrogen-bond acceptors (Lipinski definition) is 3. The van der Waals surface area contributed by atoms with Crippen LogP contribution in [0.5, 0.6) is 5.75 Å². The molecule has 2 aromatic rings. The molecule has 1 saturated heterocycles. The van der Waals surface area contributed by atoms with Crippen molar-refractivity contribution < 1.29 is 18.1 Å². The van der Waals surface area contributed by atoms with E-state index in [-0.39, 0.29) is 0 Å². The number of piperazine rings is 1. The van der Waals surface area contributed by atoms with Crippen LogP contribution in [0.15, 0.2) is 53.4 Å². The fraction of sp³-hybridized carbons (Fsp3) is 0.368. The topological polar surface area (TPSA) is 51.0 Å². The van der Waals surface area contributed by atoms with Gasteiger partial charge in [-0.3, -0.25) is 0 Å². The second-order valence-electron chi connectivity index (χ2n) is 6.50. The highest BCUT2D eigenvalue weighted by Gasteiger charge is 2.30. The Bertz CT molecular complexity index is 832. The van der Waals surface area contributed by atoms with E-state index >= 15 is 0 Å². The Labute approximate surface area is 160 Å². The fourth-order valence-electron chi connectivity index (χ4n) is 3.02. The third-order valence-corrected chi connectivity index (χ3v) is 6.86. The summed E-state index contributed by atoms with van der Waals surface area (Å²) in [7, 11) is -3.40. The lowest BCUT2D eigenvalue weighted by atomic mass is 10.2. The molecule has 0 spiro atoms. The molecule has 140 valence electrons. The lowest BCUT2D eigenvalue weighted by molar-refractivity contribution is -0.903. The molecule has 0 amide bonds. The zero-order chi connectivity index (χ0) is 18.6. The minimum Gasteiger partial charge on any atom is -0.486 e. The summed E-state index contributed by atoms with van der Waals surface area (Å²) in [5.74, 6) is 0.689. The quantitative estimate of drug-likeness (QED) is 0.808. The standard InChI is InChI=1S/C19H23ClN2O3S/c1-16-6-8-17(9-7-16)26(23,24)22-12-10-21(11-13-22)14-15-25-19-5-3-2-4-18(19)20/h2-9H,10-15H2,1H3/p+1. The smallest absolute Gasteiger partial charge is 0.243 e. The highest BCUT2D eigenvalue weighted by atomic mass is 35.5. The van der Waals surface area contributed by atoms with Gasteiger partial charge in [0.15, 0.2) is 0 Å². The molecule has 26 heavy (non-hydrogen) atoms. The van der Waals surface area contributed by atoms with Crippen molar-refractivity contribution >= 4 is 21.6 Å². The van der Waals surface area contributed by atoms with Crippen LogP contribution in [0, 0.1) is 6.92 Å². The number of quaternary nitrogens is 1. The third-order valence-electron chi connectivity index (χ3n) is 4.64. The van der Waals surface area contributed by atoms with Crippen LogP contribution >= 0.6 is 11.6 Å². The first-order valence-electron chi connectivity index (χ1n) is 8.74. The maximum Gasteiger partial charge on any atom is 0.243 e. The van der Waals surface area contributed by atoms with Crippen LogP contribution in [0.4, 0.5) is 0 Å². The predicted octanol–water partition coefficient (Wildman–Crippen LogP) is 1.62. The van der Waals surface area contributed by atoms with Gasteiger partial charge in [0.2, 0.25) is 10.0 Å². The molecule has 0 radical (unpaired) electrons. The summed E-state index contributed by atoms with van der Waals surface area (Å²) >= 11 is 6.08. The van der Waals surface area contributed by atoms with E-state index in [4.69, 9.17) is 16.3 Å². The number of benzene rings is 2. The van der Waals surface area contributed by atoms with E-state index in [9.17, 15) is 8.42 Å². The average Bonchev–Trinajstić information content (AvgIpc) is 2.64. The molecule has 2 aromatic carbocycles. The minimum absolute atomic E-state index is 0.369. The van der Waals surface area contributed by atoms with E-state index in [2.05, 4.69) is 0 Å². The van der Waals surface area contributed by atoms with Crippen LogP contribution in [0.25, 0.3) is 0 Å². The zero-order valence-electron chi connectivity index (χ0n) is 14.8. The number of hydrogen-bond donors (Lipinski definition) is 1. The number of nitrogens with zero attached hydrogens (tertiary/aromatic N) is 1. The first-order chi connectivity index (χ1) is 12.5. The lowest BCUT2D eigenvalue weighted by Crippen LogP contribution is -3.15. The molecule has 0 aliphatic carbocycles. The van der Waals surface area contributed by atoms with Crippen LogP contribution < -0.4 is 9.64 Å². The van der Waals surface area contributed by atoms with Gasteiger partial charge >= 0.3 is 0 Å². The van der Waals surface area contributed by atoms with Crippen molar-refractivity contribution in [1.82, 2.24) is 4.31 Å². The van der Waals surface area contributed by atoms with Crippen molar-refractivity contribution in [1.29, 1.82) is 0 Å². The molecule has 1 heterocycles. The molecule has 0 atom stereocenters. The molecular weight excluding hydrogens is 372 g/mol. The second kappa shape index (κ2) is 8.39. The summed E-state index contributed by atoms with van der Waals surface area (Å²) in [6.45, 7) is 5.93. The summed E-state index contributed by atoms with van der Waals surface area (Å²) in [5, 5.41) is 0.608. The molecule has 0 aromatic heterocycles. The van der Waals surface area contributed by atoms with Crippen molar-refractivity contribution in [2.24, 2.45) is 0 Å². The summed E-state index contributed by atoms with van der Waals surface area (Å²) in [6.07, 6.45) is 0. The number of nitrogens with one attached hydrogen (secondary N) is 1. The van der Waals surface area contributed by atoms with E-state index in [0.29, 0.717) is 35.4 Å². The van der Waals surface area contributed by atoms with Crippen molar-refractivity contribution in [3.63, 3.8) is 0 Å². The van der Waals surface area contributed by atoms with E-state index in [1.807, 2.05) is 37.3 Å². The SMILES string of the molecule is Cc1ccc(S(=O)(=O)N2CC[NH+](CCOc3ccccc3Cl)CC2)cc1. The van der Waals surface area contributed by atoms with Crippen molar-refractivity contribution in [2.45, 2.75) is 11.8 Å². The number of ether oxygens (including phenoxy) is 1. The largest absolute Gasteiger partial charge is 0.486 e. The van der Waals surface area contributed by atoms with Gasteiger partial charge in [-0.15, -0.1) is 0 Å². The number of halogens is 1. The molecule has 1 aliphatic heterocycles. The van der Waals surface area contributed by atoms with Crippen molar-refractivity contribution in [3.8, 4) is 5.75 Å². The number of aryl methyl sites for hydroxylation is 1. The van der Waals surface area contributed by atoms with Crippen LogP contribution in [-0.2, 0) is 10.0 Å². The highest BCUT2D eigenvalue weighted by Crippen LogP contribution is 2.22. The van der Waals surface area contributed by atoms with Crippen molar-refractivity contribution in [3.05, 3.63) is 59.1 Å². The third kappa shape index (κ3) is 4.57. The molecule has 0 saturated carbocycles. The number of sulfonamides is 1. The maximum absolute atomic E-state index is 12.7. The Balaban J connectivity index is 1.49. The molecule has 5 nitrogen and oxygen atoms in total. The van der Waals surface area contributed by atoms with E-state index in [1.165, 1.54) is 4.90 Å². The van der Waals surface area contributed by atoms with Gasteiger partial charge in [0, 0.05) is 0 Å². The molecule has 3 rings (SSSR count). The number of para-hydroxylation sites is 1. The Kier molecular flexibility index (Phi) is 6.19. The van der Waals surface area contributed by atoms with Crippen LogP contribution in [0.3, 0.4) is 0 Å². The molecule has 0 unspecified atom stereocenters. The van der Waals surface area contributed by atoms with E-state index < -0.39 is 10.0 Å². The Hall–Kier alpha value is -1.60. The fourth-order valence-corrected chi connectivity index (χ4v) is 4.65. The summed E-state index contributed by atoms with van der Waals surface area (Å²) in [4.78, 5) is 1.71. The normalized spacial score (nSPS) is 16.5. The van der Waals surface area contributed by atoms with Crippen molar-refractivity contribution in [2.75, 3.05) is 39.3 Å². The first kappa shape index (κ1) is 19.2. The Morgan fingerprint density at radius 3 is 2.38 bits per heavy atom. The maximum atomic E-state index is 12.7. The predicted molar refractivity (Wildman–Crippen MR) is 102 cm³/mol. The molecule has 1 aliphatic rings. The molecule has 7 heteroatoms. The van der Waals surface area contributed by atoms with E-state index in [1.54, 1.807) is 22.5 Å². The highest BCUT2D eigenvalue weighted by molar-refractivity contribution is 7.89. The van der Waals surface area contributed by atoms with Crippen LogP contribution in [0.2, 0.25) is 5.02 Å². The number of rotatable bonds is 6. The van der Waals surface area contributed by atoms with Gasteiger partial charge < -0.3 is 9.64 Å². The molecule has 1 fully saturated rings. The van der Waals surface area contributed by atoms with Gasteiger partial charge in [-0.1, -0.05) is 41.4 Å². The minimum atomic E-state index is -3.40. The second-order valence-corrected chi connectivity index (χ2v) is 8.84. The zero-order valence-corrected chi connectivity index (χ0v) is 16.4. The van der Waals surface area contributed by atoms with Gasteiger partial charge in [0.05, 0.1) is 36.1 Å². The summed E-state index contributed by atoms with van der Waals surface area (Å²) < 4.78 is 32.7. The van der Waals surface area contributed by atoms with Crippen LogP contribution in [-0.4, -0.2) is 52.1 Å². The van der Waals surface area contributed by atoms with Gasteiger partial charge in [0.25, 0.3) is 0 Å². The summed E-state index contributed by atoms with van der Waals surface area (Å²) in [5.41, 5.74) is 1.05. The molecule has 0 bridgehead atoms. The monoisotopic (exact) mass is 395 g/mol. The molecule has 1 N–H and O–H groups in total. The lowest BCUT2D eigenvalue weighted by Gasteiger charge is -2.31. The van der Waals surface area contributed by atoms with Gasteiger partial charge in [-0.2, -0.15) is 4.31 Å². The molecular formula is C19H24ClN2O3S+. The van der Waals surface area contributed by atoms with E-state index in [0.717, 1.165) is 25.2 Å². The average molecular weight is 396 g/mol. The Morgan fingerprint density at radius 1 is 1.08 bits per heavy atom. The van der Waals surface area contributed by atoms with Gasteiger partial charge in [-0.25, -0.2) is 8.42 Å². The van der Waals surface area contributed by atoms with Crippen LogP contribution in [0.1, 0.15) is 5.56 Å². The first-order valence-corrected chi connectivity index (χ1v) is 10.6. The summed E-state index contributed by atoms with van der Waals surface area (Å²) in [6, 6.07) is 14.4.